The second-order valence-corrected chi connectivity index (χ2v) is 6.43. The van der Waals surface area contributed by atoms with Crippen LogP contribution in [0.1, 0.15) is 32.3 Å². The van der Waals surface area contributed by atoms with Crippen molar-refractivity contribution in [1.29, 1.82) is 0 Å². The summed E-state index contributed by atoms with van der Waals surface area (Å²) in [5, 5.41) is 9.41. The summed E-state index contributed by atoms with van der Waals surface area (Å²) in [4.78, 5) is 0. The zero-order valence-corrected chi connectivity index (χ0v) is 12.2. The number of para-hydroxylation sites is 1. The van der Waals surface area contributed by atoms with Crippen LogP contribution in [0.15, 0.2) is 24.3 Å². The molecule has 0 bridgehead atoms. The van der Waals surface area contributed by atoms with E-state index in [-0.39, 0.29) is 12.4 Å². The average molecular weight is 286 g/mol. The van der Waals surface area contributed by atoms with Crippen molar-refractivity contribution in [3.05, 3.63) is 29.8 Å². The van der Waals surface area contributed by atoms with Crippen LogP contribution in [0, 0.1) is 0 Å². The smallest absolute Gasteiger partial charge is 0.216 e. The molecule has 6 heteroatoms. The van der Waals surface area contributed by atoms with Gasteiger partial charge in [0, 0.05) is 5.69 Å². The number of aliphatic hydroxyl groups excluding tert-OH is 1. The first-order valence-corrected chi connectivity index (χ1v) is 7.99. The summed E-state index contributed by atoms with van der Waals surface area (Å²) >= 11 is 0. The van der Waals surface area contributed by atoms with Gasteiger partial charge in [-0.2, -0.15) is 0 Å². The molecule has 1 rings (SSSR count). The van der Waals surface area contributed by atoms with Gasteiger partial charge in [0.2, 0.25) is 10.0 Å². The number of rotatable bonds is 7. The van der Waals surface area contributed by atoms with Gasteiger partial charge in [0.05, 0.1) is 17.9 Å². The lowest BCUT2D eigenvalue weighted by Gasteiger charge is -2.30. The number of benzene rings is 1. The van der Waals surface area contributed by atoms with E-state index in [4.69, 9.17) is 5.73 Å². The first-order chi connectivity index (χ1) is 8.88. The molecule has 0 unspecified atom stereocenters. The van der Waals surface area contributed by atoms with Crippen molar-refractivity contribution in [2.45, 2.75) is 38.0 Å². The first kappa shape index (κ1) is 15.9. The predicted octanol–water partition coefficient (Wildman–Crippen LogP) is 1.24. The van der Waals surface area contributed by atoms with E-state index in [1.54, 1.807) is 24.3 Å². The lowest BCUT2D eigenvalue weighted by Crippen LogP contribution is -2.50. The highest BCUT2D eigenvalue weighted by atomic mass is 32.2. The van der Waals surface area contributed by atoms with Crippen LogP contribution >= 0.6 is 0 Å². The van der Waals surface area contributed by atoms with E-state index in [1.807, 2.05) is 13.8 Å². The van der Waals surface area contributed by atoms with E-state index in [1.165, 1.54) is 0 Å². The Morgan fingerprint density at radius 1 is 1.26 bits per heavy atom. The van der Waals surface area contributed by atoms with Crippen LogP contribution in [0.25, 0.3) is 0 Å². The molecule has 0 amide bonds. The quantitative estimate of drug-likeness (QED) is 0.657. The third kappa shape index (κ3) is 4.19. The van der Waals surface area contributed by atoms with Crippen molar-refractivity contribution in [2.75, 3.05) is 12.3 Å². The fourth-order valence-corrected chi connectivity index (χ4v) is 3.64. The Hall–Kier alpha value is -1.11. The Labute approximate surface area is 114 Å². The zero-order valence-electron chi connectivity index (χ0n) is 11.4. The molecular formula is C13H22N2O3S. The fourth-order valence-electron chi connectivity index (χ4n) is 1.89. The molecule has 0 aliphatic rings. The molecule has 1 aromatic carbocycles. The Bertz CT molecular complexity index is 502. The minimum atomic E-state index is -3.54. The fraction of sp³-hybridized carbons (Fsp3) is 0.538. The van der Waals surface area contributed by atoms with Crippen LogP contribution in [0.2, 0.25) is 0 Å². The zero-order chi connectivity index (χ0) is 14.5. The van der Waals surface area contributed by atoms with E-state index in [0.29, 0.717) is 24.1 Å². The summed E-state index contributed by atoms with van der Waals surface area (Å²) in [7, 11) is -3.54. The number of nitrogens with two attached hydrogens (primary N) is 1. The number of sulfonamides is 1. The van der Waals surface area contributed by atoms with Gasteiger partial charge in [-0.25, -0.2) is 13.1 Å². The lowest BCUT2D eigenvalue weighted by atomic mass is 9.96. The number of nitrogens with one attached hydrogen (secondary N) is 1. The average Bonchev–Trinajstić information content (AvgIpc) is 2.39. The summed E-state index contributed by atoms with van der Waals surface area (Å²) in [5.74, 6) is -0.179. The highest BCUT2D eigenvalue weighted by Crippen LogP contribution is 2.19. The molecule has 0 saturated heterocycles. The maximum absolute atomic E-state index is 12.2. The molecule has 0 spiro atoms. The Morgan fingerprint density at radius 2 is 1.84 bits per heavy atom. The van der Waals surface area contributed by atoms with Crippen LogP contribution < -0.4 is 10.5 Å². The van der Waals surface area contributed by atoms with Crippen LogP contribution in [0.3, 0.4) is 0 Å². The summed E-state index contributed by atoms with van der Waals surface area (Å²) in [6, 6.07) is 6.87. The van der Waals surface area contributed by atoms with Crippen molar-refractivity contribution >= 4 is 15.7 Å². The van der Waals surface area contributed by atoms with Gasteiger partial charge in [-0.15, -0.1) is 0 Å². The van der Waals surface area contributed by atoms with E-state index in [2.05, 4.69) is 4.72 Å². The molecule has 0 aliphatic carbocycles. The molecule has 5 nitrogen and oxygen atoms in total. The Kier molecular flexibility index (Phi) is 5.34. The standard InChI is InChI=1S/C13H22N2O3S/c1-3-13(4-2,10-16)15-19(17,18)9-11-7-5-6-8-12(11)14/h5-8,15-16H,3-4,9-10,14H2,1-2H3. The summed E-state index contributed by atoms with van der Waals surface area (Å²) in [5.41, 5.74) is 5.98. The third-order valence-electron chi connectivity index (χ3n) is 3.43. The van der Waals surface area contributed by atoms with Gasteiger partial charge < -0.3 is 10.8 Å². The second-order valence-electron chi connectivity index (χ2n) is 4.71. The Morgan fingerprint density at radius 3 is 2.32 bits per heavy atom. The second kappa shape index (κ2) is 6.36. The number of anilines is 1. The normalized spacial score (nSPS) is 12.6. The lowest BCUT2D eigenvalue weighted by molar-refractivity contribution is 0.172. The predicted molar refractivity (Wildman–Crippen MR) is 77.0 cm³/mol. The molecule has 0 radical (unpaired) electrons. The third-order valence-corrected chi connectivity index (χ3v) is 4.86. The maximum atomic E-state index is 12.2. The SMILES string of the molecule is CCC(CC)(CO)NS(=O)(=O)Cc1ccccc1N. The monoisotopic (exact) mass is 286 g/mol. The van der Waals surface area contributed by atoms with Crippen LogP contribution in [0.5, 0.6) is 0 Å². The van der Waals surface area contributed by atoms with Gasteiger partial charge in [-0.1, -0.05) is 32.0 Å². The molecule has 0 saturated carbocycles. The molecule has 0 aliphatic heterocycles. The van der Waals surface area contributed by atoms with Crippen molar-refractivity contribution in [3.8, 4) is 0 Å². The van der Waals surface area contributed by atoms with Crippen LogP contribution in [0.4, 0.5) is 5.69 Å². The molecule has 19 heavy (non-hydrogen) atoms. The number of aliphatic hydroxyl groups is 1. The van der Waals surface area contributed by atoms with Crippen molar-refractivity contribution in [3.63, 3.8) is 0 Å². The van der Waals surface area contributed by atoms with Crippen molar-refractivity contribution in [2.24, 2.45) is 0 Å². The summed E-state index contributed by atoms with van der Waals surface area (Å²) < 4.78 is 26.9. The van der Waals surface area contributed by atoms with Crippen LogP contribution in [-0.4, -0.2) is 25.7 Å². The molecule has 0 fully saturated rings. The minimum absolute atomic E-state index is 0.179. The van der Waals surface area contributed by atoms with Crippen molar-refractivity contribution < 1.29 is 13.5 Å². The summed E-state index contributed by atoms with van der Waals surface area (Å²) in [6.45, 7) is 3.47. The molecule has 108 valence electrons. The molecule has 4 N–H and O–H groups in total. The van der Waals surface area contributed by atoms with E-state index < -0.39 is 15.6 Å². The molecule has 1 aromatic rings. The van der Waals surface area contributed by atoms with Gasteiger partial charge in [0.15, 0.2) is 0 Å². The van der Waals surface area contributed by atoms with Gasteiger partial charge in [0.25, 0.3) is 0 Å². The van der Waals surface area contributed by atoms with Gasteiger partial charge in [-0.3, -0.25) is 0 Å². The minimum Gasteiger partial charge on any atom is -0.398 e. The topological polar surface area (TPSA) is 92.4 Å². The molecule has 0 aromatic heterocycles. The molecular weight excluding hydrogens is 264 g/mol. The van der Waals surface area contributed by atoms with E-state index in [9.17, 15) is 13.5 Å². The maximum Gasteiger partial charge on any atom is 0.216 e. The number of hydrogen-bond acceptors (Lipinski definition) is 4. The highest BCUT2D eigenvalue weighted by Gasteiger charge is 2.30. The van der Waals surface area contributed by atoms with E-state index >= 15 is 0 Å². The number of nitrogen functional groups attached to an aromatic ring is 1. The first-order valence-electron chi connectivity index (χ1n) is 6.34. The number of hydrogen-bond donors (Lipinski definition) is 3. The molecule has 0 heterocycles. The highest BCUT2D eigenvalue weighted by molar-refractivity contribution is 7.88. The van der Waals surface area contributed by atoms with Crippen LogP contribution in [-0.2, 0) is 15.8 Å². The van der Waals surface area contributed by atoms with Gasteiger partial charge in [-0.05, 0) is 24.5 Å². The van der Waals surface area contributed by atoms with Crippen molar-refractivity contribution in [1.82, 2.24) is 4.72 Å². The largest absolute Gasteiger partial charge is 0.398 e. The summed E-state index contributed by atoms with van der Waals surface area (Å²) in [6.07, 6.45) is 1.06. The van der Waals surface area contributed by atoms with Gasteiger partial charge in [0.1, 0.15) is 0 Å². The molecule has 0 atom stereocenters. The Balaban J connectivity index is 2.91. The van der Waals surface area contributed by atoms with E-state index in [0.717, 1.165) is 0 Å². The van der Waals surface area contributed by atoms with Gasteiger partial charge >= 0.3 is 0 Å².